The molecule has 1 atom stereocenters. The van der Waals surface area contributed by atoms with E-state index in [1.807, 2.05) is 24.3 Å². The van der Waals surface area contributed by atoms with Crippen molar-refractivity contribution in [2.24, 2.45) is 0 Å². The molecule has 0 saturated carbocycles. The van der Waals surface area contributed by atoms with Gasteiger partial charge in [0.15, 0.2) is 0 Å². The first-order valence-electron chi connectivity index (χ1n) is 8.64. The average molecular weight is 406 g/mol. The van der Waals surface area contributed by atoms with E-state index in [1.54, 1.807) is 0 Å². The second-order valence-corrected chi connectivity index (χ2v) is 7.20. The van der Waals surface area contributed by atoms with E-state index in [4.69, 9.17) is 9.47 Å². The summed E-state index contributed by atoms with van der Waals surface area (Å²) < 4.78 is 12.2. The van der Waals surface area contributed by atoms with Crippen LogP contribution >= 0.6 is 15.9 Å². The lowest BCUT2D eigenvalue weighted by molar-refractivity contribution is 0.00589. The second-order valence-electron chi connectivity index (χ2n) is 6.28. The van der Waals surface area contributed by atoms with Crippen LogP contribution in [-0.4, -0.2) is 49.0 Å². The molecule has 0 bridgehead atoms. The first-order chi connectivity index (χ1) is 12.2. The van der Waals surface area contributed by atoms with E-state index in [0.29, 0.717) is 26.4 Å². The van der Waals surface area contributed by atoms with Crippen LogP contribution in [0.5, 0.6) is 5.75 Å². The van der Waals surface area contributed by atoms with E-state index in [0.717, 1.165) is 29.7 Å². The van der Waals surface area contributed by atoms with Gasteiger partial charge in [-0.15, -0.1) is 0 Å². The molecule has 2 aromatic carbocycles. The van der Waals surface area contributed by atoms with Gasteiger partial charge in [0.25, 0.3) is 0 Å². The van der Waals surface area contributed by atoms with Gasteiger partial charge in [0.1, 0.15) is 12.4 Å². The van der Waals surface area contributed by atoms with Crippen molar-refractivity contribution in [3.05, 3.63) is 64.1 Å². The zero-order valence-corrected chi connectivity index (χ0v) is 15.8. The minimum atomic E-state index is -0.474. The fourth-order valence-electron chi connectivity index (χ4n) is 3.03. The first kappa shape index (κ1) is 18.4. The van der Waals surface area contributed by atoms with E-state index in [9.17, 15) is 5.11 Å². The summed E-state index contributed by atoms with van der Waals surface area (Å²) in [5.41, 5.74) is 2.79. The number of nitrogens with zero attached hydrogens (tertiary/aromatic N) is 1. The number of fused-ring (bicyclic) bond motifs is 1. The van der Waals surface area contributed by atoms with Crippen LogP contribution in [-0.2, 0) is 17.7 Å². The predicted octanol–water partition coefficient (Wildman–Crippen LogP) is 3.26. The summed E-state index contributed by atoms with van der Waals surface area (Å²) in [6.45, 7) is 3.81. The minimum Gasteiger partial charge on any atom is -0.491 e. The molecule has 1 heterocycles. The van der Waals surface area contributed by atoms with Gasteiger partial charge in [-0.25, -0.2) is 0 Å². The third-order valence-electron chi connectivity index (χ3n) is 4.30. The van der Waals surface area contributed by atoms with Crippen molar-refractivity contribution in [2.45, 2.75) is 19.1 Å². The Labute approximate surface area is 157 Å². The lowest BCUT2D eigenvalue weighted by Crippen LogP contribution is -2.38. The standard InChI is InChI=1S/C20H24BrNO3/c21-18-5-7-20(8-6-18)25-12-11-24-15-19(23)14-22-10-9-16-3-1-2-4-17(16)13-22/h1-8,19,23H,9-15H2/t19-/m1/s1. The molecule has 0 unspecified atom stereocenters. The smallest absolute Gasteiger partial charge is 0.119 e. The number of hydrogen-bond donors (Lipinski definition) is 1. The molecular formula is C20H24BrNO3. The first-order valence-corrected chi connectivity index (χ1v) is 9.43. The van der Waals surface area contributed by atoms with E-state index in [-0.39, 0.29) is 0 Å². The van der Waals surface area contributed by atoms with Gasteiger partial charge in [0.05, 0.1) is 19.3 Å². The summed E-state index contributed by atoms with van der Waals surface area (Å²) in [5, 5.41) is 10.2. The third-order valence-corrected chi connectivity index (χ3v) is 4.83. The number of β-amino-alcohol motifs (C(OH)–C–C–N with tert-alkyl or cyclic N) is 1. The predicted molar refractivity (Wildman–Crippen MR) is 102 cm³/mol. The Balaban J connectivity index is 1.31. The molecule has 3 rings (SSSR count). The van der Waals surface area contributed by atoms with Crippen molar-refractivity contribution in [1.29, 1.82) is 0 Å². The molecular weight excluding hydrogens is 382 g/mol. The summed E-state index contributed by atoms with van der Waals surface area (Å²) in [4.78, 5) is 2.29. The zero-order valence-electron chi connectivity index (χ0n) is 14.2. The number of hydrogen-bond acceptors (Lipinski definition) is 4. The largest absolute Gasteiger partial charge is 0.491 e. The van der Waals surface area contributed by atoms with Gasteiger partial charge in [-0.05, 0) is 41.8 Å². The molecule has 4 nitrogen and oxygen atoms in total. The lowest BCUT2D eigenvalue weighted by Gasteiger charge is -2.30. The quantitative estimate of drug-likeness (QED) is 0.684. The van der Waals surface area contributed by atoms with Gasteiger partial charge >= 0.3 is 0 Å². The Morgan fingerprint density at radius 1 is 1.04 bits per heavy atom. The second kappa shape index (κ2) is 9.34. The van der Waals surface area contributed by atoms with E-state index >= 15 is 0 Å². The van der Waals surface area contributed by atoms with Crippen molar-refractivity contribution >= 4 is 15.9 Å². The van der Waals surface area contributed by atoms with Gasteiger partial charge in [-0.2, -0.15) is 0 Å². The molecule has 134 valence electrons. The molecule has 1 N–H and O–H groups in total. The molecule has 0 amide bonds. The molecule has 1 aliphatic rings. The number of rotatable bonds is 8. The highest BCUT2D eigenvalue weighted by Crippen LogP contribution is 2.18. The maximum absolute atomic E-state index is 10.2. The van der Waals surface area contributed by atoms with Crippen molar-refractivity contribution in [2.75, 3.05) is 32.9 Å². The van der Waals surface area contributed by atoms with Crippen molar-refractivity contribution in [1.82, 2.24) is 4.90 Å². The SMILES string of the molecule is O[C@@H](COCCOc1ccc(Br)cc1)CN1CCc2ccccc2C1. The van der Waals surface area contributed by atoms with E-state index in [1.165, 1.54) is 11.1 Å². The van der Waals surface area contributed by atoms with Gasteiger partial charge in [-0.3, -0.25) is 4.90 Å². The molecule has 25 heavy (non-hydrogen) atoms. The number of ether oxygens (including phenoxy) is 2. The number of aliphatic hydroxyl groups is 1. The summed E-state index contributed by atoms with van der Waals surface area (Å²) in [6.07, 6.45) is 0.572. The van der Waals surface area contributed by atoms with Gasteiger partial charge in [0.2, 0.25) is 0 Å². The Hall–Kier alpha value is -1.40. The Bertz CT molecular complexity index is 662. The fourth-order valence-corrected chi connectivity index (χ4v) is 3.29. The summed E-state index contributed by atoms with van der Waals surface area (Å²) >= 11 is 3.39. The fraction of sp³-hybridized carbons (Fsp3) is 0.400. The average Bonchev–Trinajstić information content (AvgIpc) is 2.63. The maximum atomic E-state index is 10.2. The molecule has 2 aromatic rings. The monoisotopic (exact) mass is 405 g/mol. The Morgan fingerprint density at radius 2 is 1.80 bits per heavy atom. The summed E-state index contributed by atoms with van der Waals surface area (Å²) in [5.74, 6) is 0.819. The van der Waals surface area contributed by atoms with Crippen molar-refractivity contribution < 1.29 is 14.6 Å². The maximum Gasteiger partial charge on any atom is 0.119 e. The lowest BCUT2D eigenvalue weighted by atomic mass is 10.00. The number of halogens is 1. The molecule has 0 aliphatic carbocycles. The molecule has 0 radical (unpaired) electrons. The van der Waals surface area contributed by atoms with Crippen LogP contribution in [0.1, 0.15) is 11.1 Å². The molecule has 0 aromatic heterocycles. The highest BCUT2D eigenvalue weighted by atomic mass is 79.9. The van der Waals surface area contributed by atoms with Crippen LogP contribution in [0.4, 0.5) is 0 Å². The molecule has 1 aliphatic heterocycles. The number of aliphatic hydroxyl groups excluding tert-OH is 1. The minimum absolute atomic E-state index is 0.335. The van der Waals surface area contributed by atoms with Gasteiger partial charge in [0, 0.05) is 24.1 Å². The summed E-state index contributed by atoms with van der Waals surface area (Å²) in [7, 11) is 0. The number of benzene rings is 2. The van der Waals surface area contributed by atoms with Crippen LogP contribution in [0, 0.1) is 0 Å². The molecule has 0 saturated heterocycles. The zero-order chi connectivity index (χ0) is 17.5. The van der Waals surface area contributed by atoms with Crippen molar-refractivity contribution in [3.8, 4) is 5.75 Å². The van der Waals surface area contributed by atoms with Gasteiger partial charge in [-0.1, -0.05) is 40.2 Å². The molecule has 5 heteroatoms. The van der Waals surface area contributed by atoms with Crippen LogP contribution in [0.25, 0.3) is 0 Å². The Kier molecular flexibility index (Phi) is 6.87. The molecule has 0 spiro atoms. The third kappa shape index (κ3) is 5.82. The Morgan fingerprint density at radius 3 is 2.60 bits per heavy atom. The van der Waals surface area contributed by atoms with E-state index in [2.05, 4.69) is 45.1 Å². The van der Waals surface area contributed by atoms with Crippen LogP contribution < -0.4 is 4.74 Å². The summed E-state index contributed by atoms with van der Waals surface area (Å²) in [6, 6.07) is 16.2. The normalized spacial score (nSPS) is 15.6. The highest BCUT2D eigenvalue weighted by molar-refractivity contribution is 9.10. The van der Waals surface area contributed by atoms with Crippen LogP contribution in [0.3, 0.4) is 0 Å². The van der Waals surface area contributed by atoms with Crippen LogP contribution in [0.15, 0.2) is 53.0 Å². The van der Waals surface area contributed by atoms with Crippen molar-refractivity contribution in [3.63, 3.8) is 0 Å². The topological polar surface area (TPSA) is 41.9 Å². The highest BCUT2D eigenvalue weighted by Gasteiger charge is 2.18. The molecule has 0 fully saturated rings. The van der Waals surface area contributed by atoms with E-state index < -0.39 is 6.10 Å². The van der Waals surface area contributed by atoms with Crippen LogP contribution in [0.2, 0.25) is 0 Å². The van der Waals surface area contributed by atoms with Gasteiger partial charge < -0.3 is 14.6 Å².